The molecule has 1 aromatic heterocycles. The van der Waals surface area contributed by atoms with Crippen LogP contribution in [0.1, 0.15) is 16.8 Å². The van der Waals surface area contributed by atoms with Crippen LogP contribution in [0.5, 0.6) is 0 Å². The van der Waals surface area contributed by atoms with Crippen LogP contribution in [0.25, 0.3) is 0 Å². The molecule has 20 heavy (non-hydrogen) atoms. The van der Waals surface area contributed by atoms with Crippen LogP contribution < -0.4 is 4.72 Å². The SMILES string of the molecule is Cc1cccc(NS(=O)(=O)Cc2ccccc2C#N)n1. The average Bonchev–Trinajstić information content (AvgIpc) is 2.38. The van der Waals surface area contributed by atoms with E-state index in [2.05, 4.69) is 9.71 Å². The summed E-state index contributed by atoms with van der Waals surface area (Å²) in [5, 5.41) is 8.96. The molecule has 0 aliphatic heterocycles. The van der Waals surface area contributed by atoms with Crippen LogP contribution in [0, 0.1) is 18.3 Å². The van der Waals surface area contributed by atoms with Crippen LogP contribution in [0.15, 0.2) is 42.5 Å². The Hall–Kier alpha value is -2.39. The van der Waals surface area contributed by atoms with Crippen LogP contribution in [-0.2, 0) is 15.8 Å². The van der Waals surface area contributed by atoms with E-state index in [-0.39, 0.29) is 11.6 Å². The summed E-state index contributed by atoms with van der Waals surface area (Å²) in [6, 6.07) is 13.7. The molecule has 2 aromatic rings. The lowest BCUT2D eigenvalue weighted by Gasteiger charge is -2.08. The van der Waals surface area contributed by atoms with Gasteiger partial charge in [-0.25, -0.2) is 13.4 Å². The first-order valence-corrected chi connectivity index (χ1v) is 7.57. The van der Waals surface area contributed by atoms with Crippen molar-refractivity contribution in [3.8, 4) is 6.07 Å². The molecule has 5 nitrogen and oxygen atoms in total. The third kappa shape index (κ3) is 3.56. The molecule has 0 unspecified atom stereocenters. The van der Waals surface area contributed by atoms with Gasteiger partial charge in [0.15, 0.2) is 0 Å². The van der Waals surface area contributed by atoms with Gasteiger partial charge in [-0.15, -0.1) is 0 Å². The number of nitrogens with one attached hydrogen (secondary N) is 1. The Bertz CT molecular complexity index is 764. The molecule has 0 spiro atoms. The van der Waals surface area contributed by atoms with E-state index >= 15 is 0 Å². The van der Waals surface area contributed by atoms with E-state index in [4.69, 9.17) is 5.26 Å². The first-order chi connectivity index (χ1) is 9.50. The smallest absolute Gasteiger partial charge is 0.238 e. The molecular formula is C14H13N3O2S. The quantitative estimate of drug-likeness (QED) is 0.934. The summed E-state index contributed by atoms with van der Waals surface area (Å²) in [6.07, 6.45) is 0. The molecule has 0 radical (unpaired) electrons. The van der Waals surface area contributed by atoms with Crippen molar-refractivity contribution in [1.29, 1.82) is 5.26 Å². The second-order valence-corrected chi connectivity index (χ2v) is 6.02. The van der Waals surface area contributed by atoms with Gasteiger partial charge in [-0.3, -0.25) is 4.72 Å². The monoisotopic (exact) mass is 287 g/mol. The van der Waals surface area contributed by atoms with Gasteiger partial charge in [0.05, 0.1) is 17.4 Å². The number of nitrogens with zero attached hydrogens (tertiary/aromatic N) is 2. The van der Waals surface area contributed by atoms with Gasteiger partial charge in [0.25, 0.3) is 0 Å². The number of anilines is 1. The van der Waals surface area contributed by atoms with Gasteiger partial charge >= 0.3 is 0 Å². The topological polar surface area (TPSA) is 82.9 Å². The Balaban J connectivity index is 2.22. The van der Waals surface area contributed by atoms with Crippen molar-refractivity contribution >= 4 is 15.8 Å². The highest BCUT2D eigenvalue weighted by molar-refractivity contribution is 7.91. The average molecular weight is 287 g/mol. The zero-order valence-corrected chi connectivity index (χ0v) is 11.7. The second-order valence-electron chi connectivity index (χ2n) is 4.29. The van der Waals surface area contributed by atoms with Crippen molar-refractivity contribution < 1.29 is 8.42 Å². The highest BCUT2D eigenvalue weighted by Gasteiger charge is 2.14. The third-order valence-corrected chi connectivity index (χ3v) is 3.84. The molecule has 0 aliphatic rings. The van der Waals surface area contributed by atoms with Crippen LogP contribution >= 0.6 is 0 Å². The lowest BCUT2D eigenvalue weighted by atomic mass is 10.1. The van der Waals surface area contributed by atoms with Crippen molar-refractivity contribution in [2.75, 3.05) is 4.72 Å². The lowest BCUT2D eigenvalue weighted by molar-refractivity contribution is 0.600. The molecule has 0 saturated heterocycles. The fourth-order valence-corrected chi connectivity index (χ4v) is 2.92. The highest BCUT2D eigenvalue weighted by atomic mass is 32.2. The van der Waals surface area contributed by atoms with Gasteiger partial charge in [0.1, 0.15) is 5.82 Å². The predicted molar refractivity (Wildman–Crippen MR) is 76.4 cm³/mol. The molecule has 0 atom stereocenters. The molecular weight excluding hydrogens is 274 g/mol. The van der Waals surface area contributed by atoms with Gasteiger partial charge in [-0.1, -0.05) is 24.3 Å². The first-order valence-electron chi connectivity index (χ1n) is 5.92. The molecule has 6 heteroatoms. The summed E-state index contributed by atoms with van der Waals surface area (Å²) in [6.45, 7) is 1.78. The number of sulfonamides is 1. The maximum atomic E-state index is 12.1. The number of aromatic nitrogens is 1. The van der Waals surface area contributed by atoms with Crippen molar-refractivity contribution in [2.24, 2.45) is 0 Å². The number of benzene rings is 1. The fourth-order valence-electron chi connectivity index (χ4n) is 1.76. The Morgan fingerprint density at radius 2 is 1.95 bits per heavy atom. The summed E-state index contributed by atoms with van der Waals surface area (Å²) < 4.78 is 26.6. The maximum Gasteiger partial charge on any atom is 0.238 e. The van der Waals surface area contributed by atoms with E-state index in [9.17, 15) is 8.42 Å². The number of pyridine rings is 1. The van der Waals surface area contributed by atoms with Gasteiger partial charge < -0.3 is 0 Å². The maximum absolute atomic E-state index is 12.1. The number of hydrogen-bond acceptors (Lipinski definition) is 4. The molecule has 1 N–H and O–H groups in total. The minimum absolute atomic E-state index is 0.258. The lowest BCUT2D eigenvalue weighted by Crippen LogP contribution is -2.16. The van der Waals surface area contributed by atoms with E-state index in [1.54, 1.807) is 49.4 Å². The Morgan fingerprint density at radius 1 is 1.20 bits per heavy atom. The van der Waals surface area contributed by atoms with Crippen molar-refractivity contribution in [3.63, 3.8) is 0 Å². The normalized spacial score (nSPS) is 10.8. The van der Waals surface area contributed by atoms with Crippen LogP contribution in [0.3, 0.4) is 0 Å². The molecule has 2 rings (SSSR count). The minimum Gasteiger partial charge on any atom is -0.267 e. The van der Waals surface area contributed by atoms with Gasteiger partial charge in [-0.2, -0.15) is 5.26 Å². The van der Waals surface area contributed by atoms with E-state index in [0.29, 0.717) is 11.1 Å². The minimum atomic E-state index is -3.60. The summed E-state index contributed by atoms with van der Waals surface area (Å²) in [5.41, 5.74) is 1.55. The zero-order chi connectivity index (χ0) is 14.6. The number of aryl methyl sites for hydroxylation is 1. The Kier molecular flexibility index (Phi) is 4.01. The summed E-state index contributed by atoms with van der Waals surface area (Å²) in [5.74, 6) is 0.0197. The summed E-state index contributed by atoms with van der Waals surface area (Å²) in [7, 11) is -3.60. The van der Waals surface area contributed by atoms with E-state index < -0.39 is 10.0 Å². The molecule has 0 aliphatic carbocycles. The van der Waals surface area contributed by atoms with Crippen molar-refractivity contribution in [2.45, 2.75) is 12.7 Å². The first kappa shape index (κ1) is 14.0. The van der Waals surface area contributed by atoms with Crippen molar-refractivity contribution in [1.82, 2.24) is 4.98 Å². The summed E-state index contributed by atoms with van der Waals surface area (Å²) in [4.78, 5) is 4.09. The highest BCUT2D eigenvalue weighted by Crippen LogP contribution is 2.14. The third-order valence-electron chi connectivity index (χ3n) is 2.63. The van der Waals surface area contributed by atoms with Gasteiger partial charge in [0.2, 0.25) is 10.0 Å². The standard InChI is InChI=1S/C14H13N3O2S/c1-11-5-4-8-14(16-11)17-20(18,19)10-13-7-3-2-6-12(13)9-15/h2-8H,10H2,1H3,(H,16,17). The van der Waals surface area contributed by atoms with Crippen molar-refractivity contribution in [3.05, 3.63) is 59.3 Å². The summed E-state index contributed by atoms with van der Waals surface area (Å²) >= 11 is 0. The molecule has 0 bridgehead atoms. The van der Waals surface area contributed by atoms with E-state index in [1.165, 1.54) is 0 Å². The predicted octanol–water partition coefficient (Wildman–Crippen LogP) is 2.20. The molecule has 1 aromatic carbocycles. The zero-order valence-electron chi connectivity index (χ0n) is 10.9. The molecule has 0 fully saturated rings. The number of nitriles is 1. The molecule has 0 amide bonds. The van der Waals surface area contributed by atoms with Crippen LogP contribution in [0.2, 0.25) is 0 Å². The van der Waals surface area contributed by atoms with Gasteiger partial charge in [0, 0.05) is 5.69 Å². The van der Waals surface area contributed by atoms with Gasteiger partial charge in [-0.05, 0) is 30.7 Å². The fraction of sp³-hybridized carbons (Fsp3) is 0.143. The molecule has 102 valence electrons. The Labute approximate surface area is 118 Å². The van der Waals surface area contributed by atoms with Crippen LogP contribution in [0.4, 0.5) is 5.82 Å². The molecule has 1 heterocycles. The van der Waals surface area contributed by atoms with Crippen LogP contribution in [-0.4, -0.2) is 13.4 Å². The molecule has 0 saturated carbocycles. The second kappa shape index (κ2) is 5.72. The Morgan fingerprint density at radius 3 is 2.65 bits per heavy atom. The largest absolute Gasteiger partial charge is 0.267 e. The van der Waals surface area contributed by atoms with E-state index in [1.807, 2.05) is 6.07 Å². The number of hydrogen-bond donors (Lipinski definition) is 1. The number of rotatable bonds is 4. The van der Waals surface area contributed by atoms with E-state index in [0.717, 1.165) is 5.69 Å².